The molecule has 0 atom stereocenters. The number of halogens is 4. The Morgan fingerprint density at radius 3 is 0.591 bits per heavy atom. The van der Waals surface area contributed by atoms with Crippen LogP contribution in [-0.4, -0.2) is 13.5 Å². The minimum absolute atomic E-state index is 0. The van der Waals surface area contributed by atoms with E-state index in [1.165, 1.54) is 77.5 Å². The lowest BCUT2D eigenvalue weighted by molar-refractivity contribution is -0.311. The number of hydrogen-bond donors (Lipinski definition) is 0. The van der Waals surface area contributed by atoms with Crippen LogP contribution < -0.4 is 0 Å². The minimum atomic E-state index is -4.46. The standard InChI is InChI=1S/C14H16.C11H15Cl.3C11H16.4C10H14.C2H3F3O.2C2H6.CH4/c1-14(2,3)13-9-8-11-6-4-5-7-12(11)10-13;1-8-5-6-9(7-10(8)12)11(2,3)4;3*1-9-5-7-10(8-6-9)11(2,3)4;4*1-10(2,3)9-7-5-4-6-8-9;1-6-2(3,4)5;2*1-2;/h4-10H,1-3H3;5-7H,1-4H3;3*5-8H,1-4H3;4*4-8H,1-3H3;1H3;2*1-2H3;1H4. The van der Waals surface area contributed by atoms with Gasteiger partial charge in [0.2, 0.25) is 0 Å². The first-order valence-electron chi connectivity index (χ1n) is 39.3. The Morgan fingerprint density at radius 1 is 0.227 bits per heavy atom. The maximum Gasteiger partial charge on any atom is 0.522 e. The maximum absolute atomic E-state index is 10.6. The highest BCUT2D eigenvalue weighted by molar-refractivity contribution is 6.31. The summed E-state index contributed by atoms with van der Waals surface area (Å²) < 4.78 is 34.6. The van der Waals surface area contributed by atoms with E-state index in [1.54, 1.807) is 0 Å². The molecule has 0 saturated carbocycles. The summed E-state index contributed by atoms with van der Waals surface area (Å²) in [7, 11) is 0.583. The topological polar surface area (TPSA) is 9.23 Å². The Labute approximate surface area is 680 Å². The Balaban J connectivity index is -0.00000115. The molecule has 0 aliphatic rings. The summed E-state index contributed by atoms with van der Waals surface area (Å²) >= 11 is 6.02. The van der Waals surface area contributed by atoms with Gasteiger partial charge in [-0.1, -0.05) is 499 Å². The Morgan fingerprint density at radius 2 is 0.400 bits per heavy atom. The SMILES string of the molecule is C.CC.CC.CC(C)(C)c1ccc2ccccc2c1.CC(C)(C)c1ccccc1.CC(C)(C)c1ccccc1.CC(C)(C)c1ccccc1.CC(C)(C)c1ccccc1.COC(F)(F)F.Cc1ccc(C(C)(C)C)cc1.Cc1ccc(C(C)(C)C)cc1.Cc1ccc(C(C)(C)C)cc1.Cc1ccc(C(C)(C)C)cc1Cl. The molecule has 1 nitrogen and oxygen atoms in total. The molecule has 0 saturated heterocycles. The van der Waals surface area contributed by atoms with E-state index in [0.29, 0.717) is 28.8 Å². The van der Waals surface area contributed by atoms with E-state index in [4.69, 9.17) is 11.6 Å². The summed E-state index contributed by atoms with van der Waals surface area (Å²) in [4.78, 5) is 0. The molecule has 5 heteroatoms. The van der Waals surface area contributed by atoms with Gasteiger partial charge in [-0.3, -0.25) is 4.74 Å². The summed E-state index contributed by atoms with van der Waals surface area (Å²) in [5, 5.41) is 3.52. The Bertz CT molecular complexity index is 3610. The molecule has 0 radical (unpaired) electrons. The van der Waals surface area contributed by atoms with Gasteiger partial charge in [0.05, 0.1) is 0 Å². The van der Waals surface area contributed by atoms with Gasteiger partial charge in [-0.2, -0.15) is 0 Å². The normalized spacial score (nSPS) is 11.2. The Kier molecular flexibility index (Phi) is 48.3. The van der Waals surface area contributed by atoms with Gasteiger partial charge in [-0.05, 0) is 149 Å². The maximum atomic E-state index is 10.6. The number of benzene rings is 10. The van der Waals surface area contributed by atoms with E-state index in [2.05, 4.69) is 467 Å². The lowest BCUT2D eigenvalue weighted by Gasteiger charge is -2.19. The summed E-state index contributed by atoms with van der Waals surface area (Å²) in [5.74, 6) is 0. The third-order valence-corrected chi connectivity index (χ3v) is 17.6. The second-order valence-corrected chi connectivity index (χ2v) is 36.9. The van der Waals surface area contributed by atoms with Crippen molar-refractivity contribution in [1.82, 2.24) is 0 Å². The van der Waals surface area contributed by atoms with E-state index in [0.717, 1.165) is 10.6 Å². The van der Waals surface area contributed by atoms with Crippen molar-refractivity contribution in [3.8, 4) is 0 Å². The molecule has 0 N–H and O–H groups in total. The van der Waals surface area contributed by atoms with E-state index >= 15 is 0 Å². The predicted octanol–water partition coefficient (Wildman–Crippen LogP) is 33.7. The molecule has 110 heavy (non-hydrogen) atoms. The van der Waals surface area contributed by atoms with Crippen molar-refractivity contribution in [3.05, 3.63) is 332 Å². The number of aryl methyl sites for hydroxylation is 4. The molecular weight excluding hydrogens is 1370 g/mol. The average Bonchev–Trinajstić information content (AvgIpc) is 0.818. The van der Waals surface area contributed by atoms with Crippen molar-refractivity contribution in [2.45, 2.75) is 305 Å². The van der Waals surface area contributed by atoms with Crippen LogP contribution in [0.5, 0.6) is 0 Å². The van der Waals surface area contributed by atoms with Crippen LogP contribution in [0.15, 0.2) is 255 Å². The van der Waals surface area contributed by atoms with Crippen LogP contribution in [0.25, 0.3) is 10.8 Å². The van der Waals surface area contributed by atoms with Crippen LogP contribution >= 0.6 is 11.6 Å². The molecular formula is C105H154ClF3O. The fraction of sp³-hybridized carbons (Fsp3) is 0.448. The summed E-state index contributed by atoms with van der Waals surface area (Å²) in [5.41, 5.74) is 20.1. The highest BCUT2D eigenvalue weighted by Crippen LogP contribution is 2.30. The highest BCUT2D eigenvalue weighted by Gasteiger charge is 2.26. The fourth-order valence-corrected chi connectivity index (χ4v) is 9.81. The lowest BCUT2D eigenvalue weighted by Crippen LogP contribution is -2.10. The molecule has 0 spiro atoms. The number of ether oxygens (including phenoxy) is 1. The van der Waals surface area contributed by atoms with Crippen molar-refractivity contribution in [2.75, 3.05) is 7.11 Å². The van der Waals surface area contributed by atoms with Crippen LogP contribution in [0.4, 0.5) is 13.2 Å². The van der Waals surface area contributed by atoms with Crippen LogP contribution in [0.1, 0.15) is 294 Å². The molecule has 0 unspecified atom stereocenters. The van der Waals surface area contributed by atoms with Crippen molar-refractivity contribution in [1.29, 1.82) is 0 Å². The molecule has 10 aromatic rings. The highest BCUT2D eigenvalue weighted by atomic mass is 35.5. The molecule has 0 aliphatic carbocycles. The molecule has 10 aromatic carbocycles. The van der Waals surface area contributed by atoms with Crippen molar-refractivity contribution in [2.24, 2.45) is 0 Å². The van der Waals surface area contributed by atoms with Gasteiger partial charge >= 0.3 is 6.36 Å². The van der Waals surface area contributed by atoms with Gasteiger partial charge in [0.1, 0.15) is 0 Å². The second kappa shape index (κ2) is 49.8. The molecule has 608 valence electrons. The Hall–Kier alpha value is -7.50. The number of fused-ring (bicyclic) bond motifs is 1. The molecule has 0 bridgehead atoms. The molecule has 0 heterocycles. The summed E-state index contributed by atoms with van der Waals surface area (Å²) in [6, 6.07) is 89.9. The van der Waals surface area contributed by atoms with Gasteiger partial charge in [-0.25, -0.2) is 0 Å². The van der Waals surface area contributed by atoms with E-state index in [1.807, 2.05) is 34.6 Å². The monoisotopic (exact) mass is 1520 g/mol. The third kappa shape index (κ3) is 47.7. The molecule has 10 rings (SSSR count). The first-order chi connectivity index (χ1) is 50.0. The smallest absolute Gasteiger partial charge is 0.295 e. The zero-order chi connectivity index (χ0) is 84.6. The van der Waals surface area contributed by atoms with Crippen molar-refractivity contribution >= 4 is 22.4 Å². The molecule has 0 aliphatic heterocycles. The minimum Gasteiger partial charge on any atom is -0.295 e. The predicted molar refractivity (Wildman–Crippen MR) is 490 cm³/mol. The summed E-state index contributed by atoms with van der Waals surface area (Å²) in [6.07, 6.45) is -4.46. The van der Waals surface area contributed by atoms with Gasteiger partial charge in [0, 0.05) is 12.1 Å². The number of alkyl halides is 3. The third-order valence-electron chi connectivity index (χ3n) is 17.2. The van der Waals surface area contributed by atoms with Crippen LogP contribution in [0, 0.1) is 27.7 Å². The van der Waals surface area contributed by atoms with Crippen LogP contribution in [-0.2, 0) is 53.5 Å². The number of methoxy groups -OCH3 is 1. The van der Waals surface area contributed by atoms with Gasteiger partial charge in [0.25, 0.3) is 0 Å². The fourth-order valence-electron chi connectivity index (χ4n) is 9.63. The largest absolute Gasteiger partial charge is 0.522 e. The van der Waals surface area contributed by atoms with E-state index in [-0.39, 0.29) is 34.5 Å². The van der Waals surface area contributed by atoms with Crippen molar-refractivity contribution in [3.63, 3.8) is 0 Å². The molecule has 0 amide bonds. The van der Waals surface area contributed by atoms with Crippen LogP contribution in [0.3, 0.4) is 0 Å². The second-order valence-electron chi connectivity index (χ2n) is 36.5. The van der Waals surface area contributed by atoms with Crippen LogP contribution in [0.2, 0.25) is 5.02 Å². The quantitative estimate of drug-likeness (QED) is 0.147. The molecule has 0 aromatic heterocycles. The summed E-state index contributed by atoms with van der Waals surface area (Å²) in [6.45, 7) is 76.5. The lowest BCUT2D eigenvalue weighted by atomic mass is 9.86. The number of hydrogen-bond acceptors (Lipinski definition) is 1. The van der Waals surface area contributed by atoms with Crippen molar-refractivity contribution < 1.29 is 17.9 Å². The van der Waals surface area contributed by atoms with E-state index < -0.39 is 6.36 Å². The van der Waals surface area contributed by atoms with Gasteiger partial charge in [0.15, 0.2) is 0 Å². The number of rotatable bonds is 0. The van der Waals surface area contributed by atoms with Gasteiger partial charge in [-0.15, -0.1) is 13.2 Å². The first-order valence-corrected chi connectivity index (χ1v) is 39.7. The zero-order valence-corrected chi connectivity index (χ0v) is 75.9. The van der Waals surface area contributed by atoms with E-state index in [9.17, 15) is 13.2 Å². The zero-order valence-electron chi connectivity index (χ0n) is 75.2. The molecule has 0 fully saturated rings. The van der Waals surface area contributed by atoms with Gasteiger partial charge < -0.3 is 0 Å². The average molecular weight is 1520 g/mol. The first kappa shape index (κ1) is 107.